The molecule has 102 valence electrons. The van der Waals surface area contributed by atoms with Gasteiger partial charge >= 0.3 is 0 Å². The van der Waals surface area contributed by atoms with Gasteiger partial charge in [0.1, 0.15) is 5.75 Å². The van der Waals surface area contributed by atoms with Crippen LogP contribution in [0.25, 0.3) is 0 Å². The molecule has 1 rings (SSSR count). The molecule has 0 saturated heterocycles. The molecule has 1 aromatic rings. The molecular weight excluding hydrogens is 290 g/mol. The van der Waals surface area contributed by atoms with Gasteiger partial charge in [0.2, 0.25) is 0 Å². The van der Waals surface area contributed by atoms with Gasteiger partial charge in [-0.25, -0.2) is 0 Å². The number of halogens is 1. The van der Waals surface area contributed by atoms with E-state index in [9.17, 15) is 0 Å². The zero-order chi connectivity index (χ0) is 13.6. The van der Waals surface area contributed by atoms with E-state index < -0.39 is 0 Å². The van der Waals surface area contributed by atoms with E-state index in [4.69, 9.17) is 4.74 Å². The highest BCUT2D eigenvalue weighted by atomic mass is 79.9. The first-order valence-electron chi connectivity index (χ1n) is 6.51. The predicted octanol–water partition coefficient (Wildman–Crippen LogP) is 4.03. The van der Waals surface area contributed by atoms with Crippen LogP contribution in [0.2, 0.25) is 0 Å². The molecule has 3 heteroatoms. The summed E-state index contributed by atoms with van der Waals surface area (Å²) in [5, 5.41) is 3.39. The molecule has 18 heavy (non-hydrogen) atoms. The lowest BCUT2D eigenvalue weighted by molar-refractivity contribution is 0.325. The minimum absolute atomic E-state index is 0.289. The van der Waals surface area contributed by atoms with Crippen LogP contribution in [0.3, 0.4) is 0 Å². The Hall–Kier alpha value is -0.540. The highest BCUT2D eigenvalue weighted by molar-refractivity contribution is 9.10. The van der Waals surface area contributed by atoms with E-state index >= 15 is 0 Å². The second-order valence-corrected chi connectivity index (χ2v) is 6.26. The van der Waals surface area contributed by atoms with Crippen LogP contribution < -0.4 is 10.1 Å². The monoisotopic (exact) mass is 313 g/mol. The van der Waals surface area contributed by atoms with Crippen molar-refractivity contribution in [3.63, 3.8) is 0 Å². The lowest BCUT2D eigenvalue weighted by Gasteiger charge is -2.25. The highest BCUT2D eigenvalue weighted by Crippen LogP contribution is 2.31. The third-order valence-electron chi connectivity index (χ3n) is 3.15. The highest BCUT2D eigenvalue weighted by Gasteiger charge is 2.19. The fourth-order valence-electron chi connectivity index (χ4n) is 2.02. The molecule has 0 spiro atoms. The second kappa shape index (κ2) is 7.15. The molecule has 0 amide bonds. The van der Waals surface area contributed by atoms with Crippen molar-refractivity contribution in [2.75, 3.05) is 20.2 Å². The molecule has 1 N–H and O–H groups in total. The van der Waals surface area contributed by atoms with E-state index in [0.29, 0.717) is 0 Å². The van der Waals surface area contributed by atoms with Gasteiger partial charge in [0.25, 0.3) is 0 Å². The SMILES string of the molecule is CCNCCC(C)(C)Cc1cc(OC)ccc1Br. The second-order valence-electron chi connectivity index (χ2n) is 5.40. The van der Waals surface area contributed by atoms with Gasteiger partial charge in [0.05, 0.1) is 7.11 Å². The van der Waals surface area contributed by atoms with Gasteiger partial charge < -0.3 is 10.1 Å². The van der Waals surface area contributed by atoms with Crippen LogP contribution in [0.5, 0.6) is 5.75 Å². The maximum atomic E-state index is 5.29. The van der Waals surface area contributed by atoms with Crippen LogP contribution >= 0.6 is 15.9 Å². The fraction of sp³-hybridized carbons (Fsp3) is 0.600. The van der Waals surface area contributed by atoms with Crippen molar-refractivity contribution in [2.24, 2.45) is 5.41 Å². The van der Waals surface area contributed by atoms with Crippen molar-refractivity contribution < 1.29 is 4.74 Å². The molecule has 0 aliphatic rings. The van der Waals surface area contributed by atoms with E-state index in [2.05, 4.69) is 54.2 Å². The zero-order valence-corrected chi connectivity index (χ0v) is 13.4. The third kappa shape index (κ3) is 4.99. The first-order valence-corrected chi connectivity index (χ1v) is 7.31. The van der Waals surface area contributed by atoms with Crippen molar-refractivity contribution in [1.29, 1.82) is 0 Å². The van der Waals surface area contributed by atoms with Crippen molar-refractivity contribution in [1.82, 2.24) is 5.32 Å². The largest absolute Gasteiger partial charge is 0.497 e. The Labute approximate surface area is 119 Å². The van der Waals surface area contributed by atoms with Gasteiger partial charge in [0, 0.05) is 4.47 Å². The van der Waals surface area contributed by atoms with Gasteiger partial charge in [-0.3, -0.25) is 0 Å². The smallest absolute Gasteiger partial charge is 0.119 e. The molecule has 0 fully saturated rings. The fourth-order valence-corrected chi connectivity index (χ4v) is 2.41. The Morgan fingerprint density at radius 3 is 2.67 bits per heavy atom. The topological polar surface area (TPSA) is 21.3 Å². The summed E-state index contributed by atoms with van der Waals surface area (Å²) in [5.74, 6) is 0.927. The number of ether oxygens (including phenoxy) is 1. The van der Waals surface area contributed by atoms with Crippen LogP contribution in [0.1, 0.15) is 32.8 Å². The van der Waals surface area contributed by atoms with Crippen molar-refractivity contribution in [3.05, 3.63) is 28.2 Å². The first kappa shape index (κ1) is 15.5. The average molecular weight is 314 g/mol. The molecule has 0 aromatic heterocycles. The van der Waals surface area contributed by atoms with Gasteiger partial charge in [-0.15, -0.1) is 0 Å². The number of methoxy groups -OCH3 is 1. The Kier molecular flexibility index (Phi) is 6.16. The summed E-state index contributed by atoms with van der Waals surface area (Å²) in [4.78, 5) is 0. The molecule has 1 aromatic carbocycles. The van der Waals surface area contributed by atoms with Crippen LogP contribution in [-0.4, -0.2) is 20.2 Å². The Morgan fingerprint density at radius 2 is 2.06 bits per heavy atom. The maximum Gasteiger partial charge on any atom is 0.119 e. The molecule has 0 heterocycles. The standard InChI is InChI=1S/C15H24BrNO/c1-5-17-9-8-15(2,3)11-12-10-13(18-4)6-7-14(12)16/h6-7,10,17H,5,8-9,11H2,1-4H3. The normalized spacial score (nSPS) is 11.6. The summed E-state index contributed by atoms with van der Waals surface area (Å²) >= 11 is 3.62. The first-order chi connectivity index (χ1) is 8.48. The van der Waals surface area contributed by atoms with Crippen molar-refractivity contribution in [3.8, 4) is 5.75 Å². The van der Waals surface area contributed by atoms with E-state index in [1.165, 1.54) is 16.5 Å². The summed E-state index contributed by atoms with van der Waals surface area (Å²) < 4.78 is 6.46. The van der Waals surface area contributed by atoms with E-state index in [0.717, 1.165) is 25.3 Å². The third-order valence-corrected chi connectivity index (χ3v) is 3.92. The van der Waals surface area contributed by atoms with Gasteiger partial charge in [-0.1, -0.05) is 36.7 Å². The number of benzene rings is 1. The van der Waals surface area contributed by atoms with Crippen LogP contribution in [0.4, 0.5) is 0 Å². The lowest BCUT2D eigenvalue weighted by atomic mass is 9.82. The summed E-state index contributed by atoms with van der Waals surface area (Å²) in [5.41, 5.74) is 1.60. The predicted molar refractivity (Wildman–Crippen MR) is 81.3 cm³/mol. The van der Waals surface area contributed by atoms with Gasteiger partial charge in [0.15, 0.2) is 0 Å². The Morgan fingerprint density at radius 1 is 1.33 bits per heavy atom. The molecule has 0 radical (unpaired) electrons. The molecule has 0 bridgehead atoms. The van der Waals surface area contributed by atoms with Gasteiger partial charge in [-0.2, -0.15) is 0 Å². The molecule has 2 nitrogen and oxygen atoms in total. The van der Waals surface area contributed by atoms with Gasteiger partial charge in [-0.05, 0) is 55.1 Å². The summed E-state index contributed by atoms with van der Waals surface area (Å²) in [6, 6.07) is 6.17. The number of rotatable bonds is 7. The maximum absolute atomic E-state index is 5.29. The lowest BCUT2D eigenvalue weighted by Crippen LogP contribution is -2.24. The molecule has 0 saturated carbocycles. The molecular formula is C15H24BrNO. The van der Waals surface area contributed by atoms with E-state index in [1.807, 2.05) is 6.07 Å². The minimum Gasteiger partial charge on any atom is -0.497 e. The van der Waals surface area contributed by atoms with Crippen LogP contribution in [-0.2, 0) is 6.42 Å². The quantitative estimate of drug-likeness (QED) is 0.767. The molecule has 0 aliphatic heterocycles. The van der Waals surface area contributed by atoms with Crippen molar-refractivity contribution >= 4 is 15.9 Å². The number of hydrogen-bond donors (Lipinski definition) is 1. The number of nitrogens with one attached hydrogen (secondary N) is 1. The summed E-state index contributed by atoms with van der Waals surface area (Å²) in [7, 11) is 1.71. The minimum atomic E-state index is 0.289. The zero-order valence-electron chi connectivity index (χ0n) is 11.8. The van der Waals surface area contributed by atoms with Crippen molar-refractivity contribution in [2.45, 2.75) is 33.6 Å². The number of hydrogen-bond acceptors (Lipinski definition) is 2. The van der Waals surface area contributed by atoms with E-state index in [1.54, 1.807) is 7.11 Å². The summed E-state index contributed by atoms with van der Waals surface area (Å²) in [6.07, 6.45) is 2.22. The molecule has 0 aliphatic carbocycles. The van der Waals surface area contributed by atoms with E-state index in [-0.39, 0.29) is 5.41 Å². The average Bonchev–Trinajstić information content (AvgIpc) is 2.32. The summed E-state index contributed by atoms with van der Waals surface area (Å²) in [6.45, 7) is 8.89. The Bertz CT molecular complexity index is 377. The molecule has 0 atom stereocenters. The van der Waals surface area contributed by atoms with Crippen LogP contribution in [0.15, 0.2) is 22.7 Å². The Balaban J connectivity index is 2.70. The molecule has 0 unspecified atom stereocenters. The van der Waals surface area contributed by atoms with Crippen LogP contribution in [0, 0.1) is 5.41 Å².